The third-order valence-electron chi connectivity index (χ3n) is 8.01. The highest BCUT2D eigenvalue weighted by atomic mass is 35.5. The molecule has 3 N–H and O–H groups in total. The molecule has 2 heterocycles. The van der Waals surface area contributed by atoms with Crippen LogP contribution in [0.15, 0.2) is 30.5 Å². The van der Waals surface area contributed by atoms with Gasteiger partial charge < -0.3 is 20.1 Å². The normalized spacial score (nSPS) is 16.9. The van der Waals surface area contributed by atoms with E-state index >= 15 is 0 Å². The lowest BCUT2D eigenvalue weighted by molar-refractivity contribution is -0.153. The Hall–Kier alpha value is -3.15. The molecule has 0 saturated carbocycles. The van der Waals surface area contributed by atoms with Crippen LogP contribution in [0.4, 0.5) is 0 Å². The van der Waals surface area contributed by atoms with Crippen LogP contribution < -0.4 is 20.8 Å². The van der Waals surface area contributed by atoms with Crippen molar-refractivity contribution in [2.45, 2.75) is 96.6 Å². The minimum Gasteiger partial charge on any atom is -0.477 e. The Balaban J connectivity index is 1.56. The molecular weight excluding hydrogens is 633 g/mol. The van der Waals surface area contributed by atoms with E-state index in [1.54, 1.807) is 47.7 Å². The fourth-order valence-electron chi connectivity index (χ4n) is 4.75. The van der Waals surface area contributed by atoms with Gasteiger partial charge in [-0.25, -0.2) is 10.4 Å². The highest BCUT2D eigenvalue weighted by Gasteiger charge is 2.36. The van der Waals surface area contributed by atoms with E-state index in [0.717, 1.165) is 17.2 Å². The summed E-state index contributed by atoms with van der Waals surface area (Å²) in [6.45, 7) is 12.7. The van der Waals surface area contributed by atoms with E-state index in [9.17, 15) is 19.2 Å². The maximum atomic E-state index is 13.4. The predicted octanol–water partition coefficient (Wildman–Crippen LogP) is 4.47. The Bertz CT molecular complexity index is 1400. The smallest absolute Gasteiger partial charge is 0.325 e. The largest absolute Gasteiger partial charge is 0.477 e. The fourth-order valence-corrected chi connectivity index (χ4v) is 4.86. The number of hydrogen-bond acceptors (Lipinski definition) is 8. The zero-order valence-electron chi connectivity index (χ0n) is 27.7. The van der Waals surface area contributed by atoms with Gasteiger partial charge in [0.15, 0.2) is 4.33 Å². The average molecular weight is 681 g/mol. The van der Waals surface area contributed by atoms with Crippen LogP contribution in [0, 0.1) is 11.3 Å². The summed E-state index contributed by atoms with van der Waals surface area (Å²) in [5.74, 6) is -1.75. The SMILES string of the molecule is CCc1ccc2cnc(OCC(C)(C)C(=O)NC(C(=O)NC(C)C(=O)N3CCCC(C(=O)OCC(Cl)(Cl)CC)N3)C(C)C)cc2c1. The van der Waals surface area contributed by atoms with Crippen LogP contribution in [0.1, 0.15) is 73.3 Å². The number of amides is 3. The van der Waals surface area contributed by atoms with E-state index in [2.05, 4.69) is 40.1 Å². The monoisotopic (exact) mass is 679 g/mol. The molecule has 3 unspecified atom stereocenters. The molecule has 2 aromatic rings. The number of ether oxygens (including phenoxy) is 2. The first-order valence-corrected chi connectivity index (χ1v) is 16.6. The Labute approximate surface area is 281 Å². The molecule has 11 nitrogen and oxygen atoms in total. The number of fused-ring (bicyclic) bond motifs is 1. The second kappa shape index (κ2) is 16.1. The molecule has 1 fully saturated rings. The van der Waals surface area contributed by atoms with Gasteiger partial charge in [-0.2, -0.15) is 0 Å². The Kier molecular flexibility index (Phi) is 13.1. The van der Waals surface area contributed by atoms with Crippen molar-refractivity contribution in [2.75, 3.05) is 19.8 Å². The lowest BCUT2D eigenvalue weighted by Crippen LogP contribution is -2.61. The van der Waals surface area contributed by atoms with Crippen molar-refractivity contribution in [2.24, 2.45) is 11.3 Å². The van der Waals surface area contributed by atoms with Gasteiger partial charge in [-0.15, -0.1) is 0 Å². The van der Waals surface area contributed by atoms with Gasteiger partial charge in [0.05, 0.1) is 5.41 Å². The summed E-state index contributed by atoms with van der Waals surface area (Å²) in [6.07, 6.45) is 4.06. The topological polar surface area (TPSA) is 139 Å². The van der Waals surface area contributed by atoms with Crippen LogP contribution >= 0.6 is 23.2 Å². The first-order chi connectivity index (χ1) is 21.6. The predicted molar refractivity (Wildman–Crippen MR) is 178 cm³/mol. The second-order valence-corrected chi connectivity index (χ2v) is 14.4. The summed E-state index contributed by atoms with van der Waals surface area (Å²) in [4.78, 5) is 56.8. The molecule has 1 aliphatic heterocycles. The van der Waals surface area contributed by atoms with Crippen LogP contribution in [0.25, 0.3) is 10.8 Å². The van der Waals surface area contributed by atoms with Gasteiger partial charge in [0.2, 0.25) is 17.7 Å². The molecule has 46 heavy (non-hydrogen) atoms. The minimum atomic E-state index is -1.18. The van der Waals surface area contributed by atoms with E-state index in [-0.39, 0.29) is 25.0 Å². The zero-order chi connectivity index (χ0) is 34.2. The maximum absolute atomic E-state index is 13.4. The number of aryl methyl sites for hydroxylation is 1. The second-order valence-electron chi connectivity index (χ2n) is 12.8. The molecule has 13 heteroatoms. The molecule has 1 aromatic carbocycles. The van der Waals surface area contributed by atoms with Crippen molar-refractivity contribution in [3.63, 3.8) is 0 Å². The third kappa shape index (κ3) is 10.2. The number of hydrogen-bond donors (Lipinski definition) is 3. The van der Waals surface area contributed by atoms with E-state index in [1.165, 1.54) is 10.6 Å². The highest BCUT2D eigenvalue weighted by Crippen LogP contribution is 2.26. The summed E-state index contributed by atoms with van der Waals surface area (Å²) in [6, 6.07) is 5.43. The quantitative estimate of drug-likeness (QED) is 0.196. The van der Waals surface area contributed by atoms with Crippen molar-refractivity contribution in [1.29, 1.82) is 0 Å². The number of benzene rings is 1. The molecule has 0 radical (unpaired) electrons. The summed E-state index contributed by atoms with van der Waals surface area (Å²) in [5, 5.41) is 8.86. The van der Waals surface area contributed by atoms with Gasteiger partial charge >= 0.3 is 5.97 Å². The van der Waals surface area contributed by atoms with E-state index in [1.807, 2.05) is 12.1 Å². The average Bonchev–Trinajstić information content (AvgIpc) is 3.03. The molecule has 1 aromatic heterocycles. The Morgan fingerprint density at radius 3 is 2.43 bits per heavy atom. The van der Waals surface area contributed by atoms with Crippen LogP contribution in [0.2, 0.25) is 0 Å². The molecule has 1 aliphatic rings. The van der Waals surface area contributed by atoms with Crippen molar-refractivity contribution < 1.29 is 28.7 Å². The molecule has 3 rings (SSSR count). The number of nitrogens with one attached hydrogen (secondary N) is 3. The number of carbonyl (C=O) groups is 4. The summed E-state index contributed by atoms with van der Waals surface area (Å²) >= 11 is 12.1. The highest BCUT2D eigenvalue weighted by molar-refractivity contribution is 6.48. The molecule has 1 saturated heterocycles. The number of halogens is 2. The van der Waals surface area contributed by atoms with Crippen molar-refractivity contribution in [3.05, 3.63) is 36.0 Å². The maximum Gasteiger partial charge on any atom is 0.325 e. The van der Waals surface area contributed by atoms with E-state index in [4.69, 9.17) is 32.7 Å². The molecule has 0 bridgehead atoms. The zero-order valence-corrected chi connectivity index (χ0v) is 29.3. The number of aromatic nitrogens is 1. The molecule has 3 atom stereocenters. The number of rotatable bonds is 14. The van der Waals surface area contributed by atoms with E-state index in [0.29, 0.717) is 31.7 Å². The first-order valence-electron chi connectivity index (χ1n) is 15.8. The van der Waals surface area contributed by atoms with Gasteiger partial charge in [0.25, 0.3) is 5.91 Å². The first kappa shape index (κ1) is 37.3. The molecule has 0 spiro atoms. The van der Waals surface area contributed by atoms with Crippen molar-refractivity contribution in [1.82, 2.24) is 26.1 Å². The molecular formula is C33H47Cl2N5O6. The van der Waals surface area contributed by atoms with Crippen LogP contribution in [-0.4, -0.2) is 75.9 Å². The summed E-state index contributed by atoms with van der Waals surface area (Å²) in [5.41, 5.74) is 3.09. The van der Waals surface area contributed by atoms with Crippen LogP contribution in [0.3, 0.4) is 0 Å². The van der Waals surface area contributed by atoms with Gasteiger partial charge in [-0.1, -0.05) is 69.1 Å². The number of hydrazine groups is 1. The third-order valence-corrected chi connectivity index (χ3v) is 8.76. The van der Waals surface area contributed by atoms with Crippen molar-refractivity contribution in [3.8, 4) is 5.88 Å². The molecule has 0 aliphatic carbocycles. The lowest BCUT2D eigenvalue weighted by Gasteiger charge is -2.35. The Morgan fingerprint density at radius 2 is 1.78 bits per heavy atom. The fraction of sp³-hybridized carbons (Fsp3) is 0.606. The van der Waals surface area contributed by atoms with Gasteiger partial charge in [-0.05, 0) is 63.3 Å². The Morgan fingerprint density at radius 1 is 1.07 bits per heavy atom. The minimum absolute atomic E-state index is 0.0333. The standard InChI is InChI=1S/C33H47Cl2N5O6/c1-8-22-12-13-23-17-36-26(16-24(23)15-22)45-18-32(6,7)31(44)38-27(20(3)4)28(41)37-21(5)29(42)40-14-10-11-25(39-40)30(43)46-19-33(34,35)9-2/h12-13,15-17,20-21,25,27,39H,8-11,14,18-19H2,1-7H3,(H,37,41)(H,38,44). The summed E-state index contributed by atoms with van der Waals surface area (Å²) < 4.78 is 10.00. The number of nitrogens with zero attached hydrogens (tertiary/aromatic N) is 2. The van der Waals surface area contributed by atoms with Crippen molar-refractivity contribution >= 4 is 57.7 Å². The van der Waals surface area contributed by atoms with Gasteiger partial charge in [-0.3, -0.25) is 24.2 Å². The lowest BCUT2D eigenvalue weighted by atomic mass is 9.92. The van der Waals surface area contributed by atoms with Crippen LogP contribution in [0.5, 0.6) is 5.88 Å². The van der Waals surface area contributed by atoms with Gasteiger partial charge in [0.1, 0.15) is 31.3 Å². The number of carbonyl (C=O) groups excluding carboxylic acids is 4. The number of pyridine rings is 1. The van der Waals surface area contributed by atoms with Crippen LogP contribution in [-0.2, 0) is 30.3 Å². The van der Waals surface area contributed by atoms with Gasteiger partial charge in [0, 0.05) is 24.2 Å². The molecule has 3 amide bonds. The van der Waals surface area contributed by atoms with E-state index < -0.39 is 45.7 Å². The number of esters is 1. The summed E-state index contributed by atoms with van der Waals surface area (Å²) in [7, 11) is 0. The number of alkyl halides is 2. The molecule has 254 valence electrons.